The van der Waals surface area contributed by atoms with E-state index in [0.717, 1.165) is 32.7 Å². The lowest BCUT2D eigenvalue weighted by atomic mass is 9.90. The van der Waals surface area contributed by atoms with Crippen molar-refractivity contribution in [2.75, 3.05) is 19.6 Å². The third kappa shape index (κ3) is 2.45. The van der Waals surface area contributed by atoms with Gasteiger partial charge in [-0.05, 0) is 45.7 Å². The molecule has 1 fully saturated rings. The molecule has 1 aromatic rings. The van der Waals surface area contributed by atoms with Gasteiger partial charge in [0.25, 0.3) is 0 Å². The standard InChI is InChI=1S/C14H26N4/c1-5-18-12(3)13(11(2)16-18)8-17-7-6-14(4,9-15)10-17/h5-10,15H2,1-4H3. The van der Waals surface area contributed by atoms with E-state index in [2.05, 4.69) is 42.4 Å². The summed E-state index contributed by atoms with van der Waals surface area (Å²) in [6, 6.07) is 0. The van der Waals surface area contributed by atoms with Gasteiger partial charge in [-0.2, -0.15) is 5.10 Å². The molecule has 0 spiro atoms. The lowest BCUT2D eigenvalue weighted by molar-refractivity contribution is 0.273. The Morgan fingerprint density at radius 1 is 1.39 bits per heavy atom. The van der Waals surface area contributed by atoms with Crippen molar-refractivity contribution in [2.45, 2.75) is 47.2 Å². The number of nitrogens with two attached hydrogens (primary N) is 1. The van der Waals surface area contributed by atoms with Crippen LogP contribution in [0.25, 0.3) is 0 Å². The molecule has 2 heterocycles. The fourth-order valence-corrected chi connectivity index (χ4v) is 2.92. The smallest absolute Gasteiger partial charge is 0.0641 e. The van der Waals surface area contributed by atoms with Crippen molar-refractivity contribution in [1.29, 1.82) is 0 Å². The first-order valence-electron chi connectivity index (χ1n) is 6.94. The van der Waals surface area contributed by atoms with Crippen molar-refractivity contribution >= 4 is 0 Å². The molecular formula is C14H26N4. The van der Waals surface area contributed by atoms with Gasteiger partial charge in [0.15, 0.2) is 0 Å². The molecule has 2 N–H and O–H groups in total. The van der Waals surface area contributed by atoms with E-state index >= 15 is 0 Å². The van der Waals surface area contributed by atoms with Crippen molar-refractivity contribution in [3.63, 3.8) is 0 Å². The summed E-state index contributed by atoms with van der Waals surface area (Å²) in [4.78, 5) is 2.52. The molecule has 18 heavy (non-hydrogen) atoms. The van der Waals surface area contributed by atoms with Crippen LogP contribution in [-0.2, 0) is 13.1 Å². The van der Waals surface area contributed by atoms with Crippen LogP contribution in [0.1, 0.15) is 37.2 Å². The lowest BCUT2D eigenvalue weighted by Crippen LogP contribution is -2.31. The Balaban J connectivity index is 2.09. The van der Waals surface area contributed by atoms with Crippen LogP contribution in [0.3, 0.4) is 0 Å². The number of nitrogens with zero attached hydrogens (tertiary/aromatic N) is 3. The van der Waals surface area contributed by atoms with Crippen LogP contribution in [0.15, 0.2) is 0 Å². The molecule has 1 aliphatic heterocycles. The van der Waals surface area contributed by atoms with Gasteiger partial charge >= 0.3 is 0 Å². The van der Waals surface area contributed by atoms with Gasteiger partial charge in [-0.25, -0.2) is 0 Å². The zero-order valence-corrected chi connectivity index (χ0v) is 12.2. The van der Waals surface area contributed by atoms with Crippen LogP contribution in [0, 0.1) is 19.3 Å². The maximum absolute atomic E-state index is 5.87. The summed E-state index contributed by atoms with van der Waals surface area (Å²) in [7, 11) is 0. The third-order valence-electron chi connectivity index (χ3n) is 4.34. The van der Waals surface area contributed by atoms with Gasteiger partial charge < -0.3 is 5.73 Å². The van der Waals surface area contributed by atoms with Crippen LogP contribution >= 0.6 is 0 Å². The number of aromatic nitrogens is 2. The van der Waals surface area contributed by atoms with Crippen molar-refractivity contribution in [3.05, 3.63) is 17.0 Å². The summed E-state index contributed by atoms with van der Waals surface area (Å²) in [5.41, 5.74) is 10.1. The molecular weight excluding hydrogens is 224 g/mol. The minimum atomic E-state index is 0.308. The minimum Gasteiger partial charge on any atom is -0.330 e. The van der Waals surface area contributed by atoms with Crippen LogP contribution in [0.5, 0.6) is 0 Å². The SMILES string of the molecule is CCn1nc(C)c(CN2CCC(C)(CN)C2)c1C. The summed E-state index contributed by atoms with van der Waals surface area (Å²) >= 11 is 0. The molecule has 0 aliphatic carbocycles. The highest BCUT2D eigenvalue weighted by atomic mass is 15.3. The molecule has 1 atom stereocenters. The number of likely N-dealkylation sites (tertiary alicyclic amines) is 1. The average molecular weight is 250 g/mol. The minimum absolute atomic E-state index is 0.308. The van der Waals surface area contributed by atoms with Crippen LogP contribution in [-0.4, -0.2) is 34.3 Å². The highest BCUT2D eigenvalue weighted by molar-refractivity contribution is 5.24. The zero-order chi connectivity index (χ0) is 13.3. The topological polar surface area (TPSA) is 47.1 Å². The Hall–Kier alpha value is -0.870. The summed E-state index contributed by atoms with van der Waals surface area (Å²) in [5, 5.41) is 4.59. The van der Waals surface area contributed by atoms with Crippen LogP contribution < -0.4 is 5.73 Å². The maximum atomic E-state index is 5.87. The number of hydrogen-bond acceptors (Lipinski definition) is 3. The average Bonchev–Trinajstić information content (AvgIpc) is 2.85. The lowest BCUT2D eigenvalue weighted by Gasteiger charge is -2.22. The van der Waals surface area contributed by atoms with Crippen LogP contribution in [0.2, 0.25) is 0 Å². The maximum Gasteiger partial charge on any atom is 0.0641 e. The van der Waals surface area contributed by atoms with E-state index in [9.17, 15) is 0 Å². The van der Waals surface area contributed by atoms with Gasteiger partial charge in [0.2, 0.25) is 0 Å². The second kappa shape index (κ2) is 5.02. The second-order valence-electron chi connectivity index (χ2n) is 5.94. The summed E-state index contributed by atoms with van der Waals surface area (Å²) in [5.74, 6) is 0. The molecule has 1 aliphatic rings. The molecule has 0 saturated carbocycles. The van der Waals surface area contributed by atoms with Crippen molar-refractivity contribution in [2.24, 2.45) is 11.1 Å². The van der Waals surface area contributed by atoms with E-state index in [1.165, 1.54) is 23.4 Å². The van der Waals surface area contributed by atoms with E-state index in [4.69, 9.17) is 5.73 Å². The molecule has 0 amide bonds. The Bertz CT molecular complexity index is 424. The second-order valence-corrected chi connectivity index (χ2v) is 5.94. The molecule has 2 rings (SSSR count). The van der Waals surface area contributed by atoms with Crippen molar-refractivity contribution < 1.29 is 0 Å². The molecule has 4 nitrogen and oxygen atoms in total. The summed E-state index contributed by atoms with van der Waals surface area (Å²) in [6.45, 7) is 13.8. The fourth-order valence-electron chi connectivity index (χ4n) is 2.92. The molecule has 4 heteroatoms. The molecule has 1 unspecified atom stereocenters. The van der Waals surface area contributed by atoms with Gasteiger partial charge in [-0.3, -0.25) is 9.58 Å². The quantitative estimate of drug-likeness (QED) is 0.884. The first-order chi connectivity index (χ1) is 8.49. The third-order valence-corrected chi connectivity index (χ3v) is 4.34. The predicted molar refractivity (Wildman–Crippen MR) is 74.4 cm³/mol. The van der Waals surface area contributed by atoms with E-state index in [1.807, 2.05) is 0 Å². The Morgan fingerprint density at radius 2 is 2.11 bits per heavy atom. The van der Waals surface area contributed by atoms with Gasteiger partial charge in [0, 0.05) is 30.9 Å². The van der Waals surface area contributed by atoms with E-state index in [0.29, 0.717) is 5.41 Å². The molecule has 1 aromatic heterocycles. The highest BCUT2D eigenvalue weighted by Crippen LogP contribution is 2.30. The molecule has 0 bridgehead atoms. The molecule has 0 radical (unpaired) electrons. The Kier molecular flexibility index (Phi) is 3.78. The summed E-state index contributed by atoms with van der Waals surface area (Å²) < 4.78 is 2.10. The van der Waals surface area contributed by atoms with E-state index < -0.39 is 0 Å². The van der Waals surface area contributed by atoms with E-state index in [1.54, 1.807) is 0 Å². The summed E-state index contributed by atoms with van der Waals surface area (Å²) in [6.07, 6.45) is 1.21. The Labute approximate surface area is 110 Å². The largest absolute Gasteiger partial charge is 0.330 e. The number of hydrogen-bond donors (Lipinski definition) is 1. The number of aryl methyl sites for hydroxylation is 2. The Morgan fingerprint density at radius 3 is 2.61 bits per heavy atom. The normalized spacial score (nSPS) is 24.9. The van der Waals surface area contributed by atoms with Crippen molar-refractivity contribution in [3.8, 4) is 0 Å². The van der Waals surface area contributed by atoms with Gasteiger partial charge in [-0.1, -0.05) is 6.92 Å². The zero-order valence-electron chi connectivity index (χ0n) is 12.2. The highest BCUT2D eigenvalue weighted by Gasteiger charge is 2.32. The van der Waals surface area contributed by atoms with E-state index in [-0.39, 0.29) is 0 Å². The molecule has 1 saturated heterocycles. The van der Waals surface area contributed by atoms with Gasteiger partial charge in [-0.15, -0.1) is 0 Å². The van der Waals surface area contributed by atoms with Crippen LogP contribution in [0.4, 0.5) is 0 Å². The first-order valence-corrected chi connectivity index (χ1v) is 6.94. The van der Waals surface area contributed by atoms with Crippen molar-refractivity contribution in [1.82, 2.24) is 14.7 Å². The van der Waals surface area contributed by atoms with Gasteiger partial charge in [0.1, 0.15) is 0 Å². The predicted octanol–water partition coefficient (Wildman–Crippen LogP) is 1.69. The first kappa shape index (κ1) is 13.6. The number of rotatable bonds is 4. The molecule has 0 aromatic carbocycles. The fraction of sp³-hybridized carbons (Fsp3) is 0.786. The monoisotopic (exact) mass is 250 g/mol. The molecule has 102 valence electrons. The van der Waals surface area contributed by atoms with Gasteiger partial charge in [0.05, 0.1) is 5.69 Å².